The molecule has 14 nitrogen and oxygen atoms in total. The molecule has 5 rings (SSSR count). The summed E-state index contributed by atoms with van der Waals surface area (Å²) in [6.45, 7) is 10.3. The van der Waals surface area contributed by atoms with Crippen molar-refractivity contribution in [1.82, 2.24) is 40.1 Å². The summed E-state index contributed by atoms with van der Waals surface area (Å²) in [5.74, 6) is 1.21. The number of ether oxygens (including phenoxy) is 3. The van der Waals surface area contributed by atoms with Crippen LogP contribution in [0.2, 0.25) is 0 Å². The van der Waals surface area contributed by atoms with Gasteiger partial charge in [0.25, 0.3) is 5.91 Å². The van der Waals surface area contributed by atoms with E-state index in [4.69, 9.17) is 14.2 Å². The van der Waals surface area contributed by atoms with Gasteiger partial charge in [-0.15, -0.1) is 10.2 Å². The number of carbonyl (C=O) groups is 2. The fraction of sp³-hybridized carbons (Fsp3) is 0.486. The molecule has 3 heterocycles. The molecule has 3 aromatic heterocycles. The van der Waals surface area contributed by atoms with Crippen molar-refractivity contribution in [2.24, 2.45) is 0 Å². The molecule has 0 saturated heterocycles. The normalized spacial score (nSPS) is 16.7. The molecule has 0 aliphatic heterocycles. The van der Waals surface area contributed by atoms with Crippen molar-refractivity contribution in [3.8, 4) is 5.75 Å². The van der Waals surface area contributed by atoms with E-state index in [9.17, 15) is 9.59 Å². The maximum Gasteiger partial charge on any atom is 0.320 e. The number of carbonyl (C=O) groups excluding carboxylic acids is 2. The number of methoxy groups -OCH3 is 2. The van der Waals surface area contributed by atoms with Crippen LogP contribution in [0.4, 0.5) is 10.6 Å². The summed E-state index contributed by atoms with van der Waals surface area (Å²) in [5.41, 5.74) is 2.93. The molecule has 262 valence electrons. The SMILES string of the molecule is COCCN(C)CCNC(=O)c1nc(NC(=O)N[C@H]2CC[C@@H](Oc3ccc4nnc([C@H](C)OC)n4c3)c3ccccc32)cc(C(C)(C)C)n1. The second kappa shape index (κ2) is 15.7. The molecule has 1 aliphatic rings. The highest BCUT2D eigenvalue weighted by Crippen LogP contribution is 2.39. The van der Waals surface area contributed by atoms with Crippen LogP contribution in [0.3, 0.4) is 0 Å². The zero-order valence-corrected chi connectivity index (χ0v) is 29.3. The monoisotopic (exact) mass is 673 g/mol. The van der Waals surface area contributed by atoms with Gasteiger partial charge < -0.3 is 29.7 Å². The number of fused-ring (bicyclic) bond motifs is 2. The minimum absolute atomic E-state index is 0.00117. The highest BCUT2D eigenvalue weighted by atomic mass is 16.5. The van der Waals surface area contributed by atoms with Crippen LogP contribution >= 0.6 is 0 Å². The van der Waals surface area contributed by atoms with Crippen molar-refractivity contribution in [1.29, 1.82) is 0 Å². The third-order valence-corrected chi connectivity index (χ3v) is 8.53. The molecule has 0 bridgehead atoms. The first-order valence-corrected chi connectivity index (χ1v) is 16.5. The van der Waals surface area contributed by atoms with E-state index in [0.29, 0.717) is 55.5 Å². The summed E-state index contributed by atoms with van der Waals surface area (Å²) in [5, 5.41) is 17.3. The van der Waals surface area contributed by atoms with E-state index in [1.54, 1.807) is 20.3 Å². The van der Waals surface area contributed by atoms with Gasteiger partial charge in [0.15, 0.2) is 11.5 Å². The molecule has 3 N–H and O–H groups in total. The first-order chi connectivity index (χ1) is 23.5. The number of amides is 3. The lowest BCUT2D eigenvalue weighted by atomic mass is 9.85. The summed E-state index contributed by atoms with van der Waals surface area (Å²) >= 11 is 0. The summed E-state index contributed by atoms with van der Waals surface area (Å²) < 4.78 is 19.0. The Morgan fingerprint density at radius 2 is 1.82 bits per heavy atom. The number of aromatic nitrogens is 5. The Balaban J connectivity index is 1.27. The fourth-order valence-electron chi connectivity index (χ4n) is 5.63. The van der Waals surface area contributed by atoms with Crippen molar-refractivity contribution in [3.63, 3.8) is 0 Å². The Kier molecular flexibility index (Phi) is 11.4. The van der Waals surface area contributed by atoms with Crippen molar-refractivity contribution in [3.05, 3.63) is 77.1 Å². The number of rotatable bonds is 13. The van der Waals surface area contributed by atoms with E-state index in [-0.39, 0.29) is 35.3 Å². The van der Waals surface area contributed by atoms with Gasteiger partial charge in [0, 0.05) is 45.3 Å². The van der Waals surface area contributed by atoms with Gasteiger partial charge in [-0.1, -0.05) is 45.0 Å². The minimum Gasteiger partial charge on any atom is -0.484 e. The average Bonchev–Trinajstić information content (AvgIpc) is 3.51. The van der Waals surface area contributed by atoms with E-state index in [2.05, 4.69) is 41.0 Å². The van der Waals surface area contributed by atoms with Crippen LogP contribution in [0.25, 0.3) is 5.65 Å². The number of likely N-dealkylation sites (N-methyl/N-ethyl adjacent to an activating group) is 1. The van der Waals surface area contributed by atoms with Gasteiger partial charge in [-0.2, -0.15) is 0 Å². The van der Waals surface area contributed by atoms with Crippen LogP contribution in [0.1, 0.15) is 92.1 Å². The Labute approximate surface area is 287 Å². The summed E-state index contributed by atoms with van der Waals surface area (Å²) in [6, 6.07) is 12.7. The molecule has 1 aliphatic carbocycles. The van der Waals surface area contributed by atoms with E-state index in [1.165, 1.54) is 0 Å². The molecule has 1 aromatic carbocycles. The molecule has 4 aromatic rings. The molecule has 0 fully saturated rings. The van der Waals surface area contributed by atoms with Crippen molar-refractivity contribution >= 4 is 23.4 Å². The number of urea groups is 1. The molecule has 0 unspecified atom stereocenters. The van der Waals surface area contributed by atoms with Gasteiger partial charge in [0.2, 0.25) is 5.82 Å². The van der Waals surface area contributed by atoms with E-state index in [0.717, 1.165) is 17.7 Å². The smallest absolute Gasteiger partial charge is 0.320 e. The first-order valence-electron chi connectivity index (χ1n) is 16.5. The number of pyridine rings is 1. The number of benzene rings is 1. The third kappa shape index (κ3) is 8.88. The lowest BCUT2D eigenvalue weighted by Gasteiger charge is -2.32. The van der Waals surface area contributed by atoms with E-state index >= 15 is 0 Å². The number of hydrogen-bond acceptors (Lipinski definition) is 10. The predicted molar refractivity (Wildman–Crippen MR) is 185 cm³/mol. The minimum atomic E-state index is -0.429. The lowest BCUT2D eigenvalue weighted by Crippen LogP contribution is -2.37. The Morgan fingerprint density at radius 3 is 2.55 bits per heavy atom. The number of nitrogens with zero attached hydrogens (tertiary/aromatic N) is 6. The average molecular weight is 674 g/mol. The van der Waals surface area contributed by atoms with Gasteiger partial charge in [0.05, 0.1) is 24.5 Å². The van der Waals surface area contributed by atoms with Crippen LogP contribution in [0, 0.1) is 0 Å². The molecule has 14 heteroatoms. The lowest BCUT2D eigenvalue weighted by molar-refractivity contribution is 0.0936. The van der Waals surface area contributed by atoms with Gasteiger partial charge in [0.1, 0.15) is 23.8 Å². The summed E-state index contributed by atoms with van der Waals surface area (Å²) in [6.07, 6.45) is 2.76. The molecule has 3 amide bonds. The number of hydrogen-bond donors (Lipinski definition) is 3. The Hall–Kier alpha value is -4.66. The molecular formula is C35H47N9O5. The molecular weight excluding hydrogens is 626 g/mol. The highest BCUT2D eigenvalue weighted by Gasteiger charge is 2.30. The van der Waals surface area contributed by atoms with Gasteiger partial charge in [-0.3, -0.25) is 14.5 Å². The van der Waals surface area contributed by atoms with Gasteiger partial charge >= 0.3 is 6.03 Å². The topological polar surface area (TPSA) is 157 Å². The highest BCUT2D eigenvalue weighted by molar-refractivity contribution is 5.92. The van der Waals surface area contributed by atoms with Crippen LogP contribution in [0.15, 0.2) is 48.7 Å². The third-order valence-electron chi connectivity index (χ3n) is 8.53. The maximum atomic E-state index is 13.4. The fourth-order valence-corrected chi connectivity index (χ4v) is 5.63. The van der Waals surface area contributed by atoms with Crippen molar-refractivity contribution in [2.45, 2.75) is 64.2 Å². The zero-order valence-electron chi connectivity index (χ0n) is 29.3. The van der Waals surface area contributed by atoms with Crippen LogP contribution in [-0.4, -0.2) is 88.9 Å². The predicted octanol–water partition coefficient (Wildman–Crippen LogP) is 4.61. The molecule has 0 saturated carbocycles. The number of nitrogens with one attached hydrogen (secondary N) is 3. The second-order valence-electron chi connectivity index (χ2n) is 13.3. The van der Waals surface area contributed by atoms with Crippen molar-refractivity contribution in [2.75, 3.05) is 52.8 Å². The van der Waals surface area contributed by atoms with Gasteiger partial charge in [-0.05, 0) is 50.1 Å². The maximum absolute atomic E-state index is 13.4. The Morgan fingerprint density at radius 1 is 1.04 bits per heavy atom. The second-order valence-corrected chi connectivity index (χ2v) is 13.3. The Bertz CT molecular complexity index is 1760. The molecule has 0 radical (unpaired) electrons. The largest absolute Gasteiger partial charge is 0.484 e. The van der Waals surface area contributed by atoms with Gasteiger partial charge in [-0.25, -0.2) is 14.8 Å². The van der Waals surface area contributed by atoms with Crippen LogP contribution in [-0.2, 0) is 14.9 Å². The van der Waals surface area contributed by atoms with Crippen molar-refractivity contribution < 1.29 is 23.8 Å². The van der Waals surface area contributed by atoms with Crippen LogP contribution in [0.5, 0.6) is 5.75 Å². The molecule has 3 atom stereocenters. The molecule has 0 spiro atoms. The summed E-state index contributed by atoms with van der Waals surface area (Å²) in [4.78, 5) is 37.4. The first kappa shape index (κ1) is 35.6. The standard InChI is InChI=1S/C35H47N9O5/c1-22(48-7)32-42-41-30-15-12-23(21-44(30)32)49-27-14-13-26(24-10-8-9-11-25(24)27)37-34(46)40-29-20-28(35(2,3)4)38-31(39-29)33(45)36-16-17-43(5)18-19-47-6/h8-12,15,20-22,26-27H,13-14,16-19H2,1-7H3,(H,36,45)(H2,37,38,39,40,46)/t22-,26-,27+/m0/s1. The number of anilines is 1. The van der Waals surface area contributed by atoms with E-state index in [1.807, 2.05) is 81.7 Å². The molecule has 49 heavy (non-hydrogen) atoms. The zero-order chi connectivity index (χ0) is 35.1. The quantitative estimate of drug-likeness (QED) is 0.183. The summed E-state index contributed by atoms with van der Waals surface area (Å²) in [7, 11) is 5.25. The van der Waals surface area contributed by atoms with E-state index < -0.39 is 11.9 Å². The van der Waals surface area contributed by atoms with Crippen LogP contribution < -0.4 is 20.7 Å².